The fraction of sp³-hybridized carbons (Fsp3) is 0.391. The van der Waals surface area contributed by atoms with Crippen molar-refractivity contribution in [1.82, 2.24) is 10.2 Å². The van der Waals surface area contributed by atoms with Gasteiger partial charge in [0.2, 0.25) is 11.8 Å². The molecule has 6 heteroatoms. The second kappa shape index (κ2) is 11.2. The van der Waals surface area contributed by atoms with E-state index < -0.39 is 6.04 Å². The van der Waals surface area contributed by atoms with Gasteiger partial charge >= 0.3 is 0 Å². The molecular weight excluding hydrogens is 407 g/mol. The number of carbonyl (C=O) groups excluding carboxylic acids is 2. The van der Waals surface area contributed by atoms with Crippen LogP contribution in [0.2, 0.25) is 10.0 Å². The molecule has 0 bridgehead atoms. The SMILES string of the molecule is CCCC(=O)N(Cc1ccc(Cl)c(Cl)c1)[C@H](Cc1ccccc1)C(=O)NC(C)C. The number of nitrogens with one attached hydrogen (secondary N) is 1. The van der Waals surface area contributed by atoms with Crippen LogP contribution in [0.4, 0.5) is 0 Å². The Morgan fingerprint density at radius 1 is 1.00 bits per heavy atom. The fourth-order valence-corrected chi connectivity index (χ4v) is 3.45. The molecule has 0 radical (unpaired) electrons. The zero-order chi connectivity index (χ0) is 21.4. The number of benzene rings is 2. The van der Waals surface area contributed by atoms with E-state index in [9.17, 15) is 9.59 Å². The fourth-order valence-electron chi connectivity index (χ4n) is 3.13. The topological polar surface area (TPSA) is 49.4 Å². The molecule has 0 fully saturated rings. The van der Waals surface area contributed by atoms with Gasteiger partial charge in [-0.3, -0.25) is 9.59 Å². The molecule has 0 saturated carbocycles. The molecule has 4 nitrogen and oxygen atoms in total. The predicted molar refractivity (Wildman–Crippen MR) is 119 cm³/mol. The third kappa shape index (κ3) is 7.06. The van der Waals surface area contributed by atoms with E-state index in [0.717, 1.165) is 11.1 Å². The molecule has 0 aliphatic carbocycles. The molecular formula is C23H28Cl2N2O2. The van der Waals surface area contributed by atoms with E-state index in [-0.39, 0.29) is 17.9 Å². The lowest BCUT2D eigenvalue weighted by molar-refractivity contribution is -0.141. The zero-order valence-corrected chi connectivity index (χ0v) is 18.6. The molecule has 1 N–H and O–H groups in total. The van der Waals surface area contributed by atoms with Crippen LogP contribution >= 0.6 is 23.2 Å². The normalized spacial score (nSPS) is 11.9. The van der Waals surface area contributed by atoms with Crippen LogP contribution < -0.4 is 5.32 Å². The summed E-state index contributed by atoms with van der Waals surface area (Å²) in [6.07, 6.45) is 1.53. The molecule has 0 saturated heterocycles. The molecule has 2 aromatic carbocycles. The molecule has 29 heavy (non-hydrogen) atoms. The van der Waals surface area contributed by atoms with Crippen LogP contribution in [0.1, 0.15) is 44.7 Å². The van der Waals surface area contributed by atoms with Crippen molar-refractivity contribution in [3.63, 3.8) is 0 Å². The highest BCUT2D eigenvalue weighted by molar-refractivity contribution is 6.42. The van der Waals surface area contributed by atoms with Gasteiger partial charge in [0.1, 0.15) is 6.04 Å². The minimum Gasteiger partial charge on any atom is -0.352 e. The first kappa shape index (κ1) is 23.2. The van der Waals surface area contributed by atoms with Gasteiger partial charge in [0.15, 0.2) is 0 Å². The summed E-state index contributed by atoms with van der Waals surface area (Å²) in [5.41, 5.74) is 1.83. The molecule has 1 atom stereocenters. The van der Waals surface area contributed by atoms with E-state index in [0.29, 0.717) is 35.9 Å². The lowest BCUT2D eigenvalue weighted by atomic mass is 10.0. The number of hydrogen-bond donors (Lipinski definition) is 1. The molecule has 2 aromatic rings. The summed E-state index contributed by atoms with van der Waals surface area (Å²) in [6, 6.07) is 14.4. The minimum absolute atomic E-state index is 0.0196. The second-order valence-electron chi connectivity index (χ2n) is 7.39. The number of carbonyl (C=O) groups is 2. The molecule has 0 aliphatic rings. The largest absolute Gasteiger partial charge is 0.352 e. The summed E-state index contributed by atoms with van der Waals surface area (Å²) >= 11 is 12.2. The Morgan fingerprint density at radius 3 is 2.28 bits per heavy atom. The Bertz CT molecular complexity index is 825. The Morgan fingerprint density at radius 2 is 1.69 bits per heavy atom. The Hall–Kier alpha value is -2.04. The Kier molecular flexibility index (Phi) is 8.99. The van der Waals surface area contributed by atoms with E-state index in [1.165, 1.54) is 0 Å². The Balaban J connectivity index is 2.39. The van der Waals surface area contributed by atoms with Gasteiger partial charge in [-0.2, -0.15) is 0 Å². The van der Waals surface area contributed by atoms with E-state index in [1.807, 2.05) is 57.2 Å². The number of hydrogen-bond acceptors (Lipinski definition) is 2. The van der Waals surface area contributed by atoms with Crippen LogP contribution in [0.5, 0.6) is 0 Å². The molecule has 0 spiro atoms. The van der Waals surface area contributed by atoms with Crippen molar-refractivity contribution < 1.29 is 9.59 Å². The summed E-state index contributed by atoms with van der Waals surface area (Å²) < 4.78 is 0. The van der Waals surface area contributed by atoms with Gasteiger partial charge in [-0.25, -0.2) is 0 Å². The zero-order valence-electron chi connectivity index (χ0n) is 17.1. The van der Waals surface area contributed by atoms with Crippen molar-refractivity contribution in [2.45, 2.75) is 58.7 Å². The van der Waals surface area contributed by atoms with Crippen molar-refractivity contribution in [2.75, 3.05) is 0 Å². The average Bonchev–Trinajstić information content (AvgIpc) is 2.67. The molecule has 0 heterocycles. The van der Waals surface area contributed by atoms with E-state index in [4.69, 9.17) is 23.2 Å². The van der Waals surface area contributed by atoms with E-state index >= 15 is 0 Å². The summed E-state index contributed by atoms with van der Waals surface area (Å²) in [7, 11) is 0. The highest BCUT2D eigenvalue weighted by atomic mass is 35.5. The Labute approximate surface area is 183 Å². The smallest absolute Gasteiger partial charge is 0.243 e. The molecule has 2 amide bonds. The van der Waals surface area contributed by atoms with E-state index in [1.54, 1.807) is 17.0 Å². The molecule has 156 valence electrons. The van der Waals surface area contributed by atoms with Crippen LogP contribution in [0, 0.1) is 0 Å². The standard InChI is InChI=1S/C23H28Cl2N2O2/c1-4-8-22(28)27(15-18-11-12-19(24)20(25)13-18)21(23(29)26-16(2)3)14-17-9-6-5-7-10-17/h5-7,9-13,16,21H,4,8,14-15H2,1-3H3,(H,26,29)/t21-/m1/s1. The number of amides is 2. The summed E-state index contributed by atoms with van der Waals surface area (Å²) in [4.78, 5) is 27.7. The van der Waals surface area contributed by atoms with Crippen LogP contribution in [0.25, 0.3) is 0 Å². The van der Waals surface area contributed by atoms with Crippen LogP contribution in [-0.4, -0.2) is 28.8 Å². The van der Waals surface area contributed by atoms with Gasteiger partial charge in [-0.15, -0.1) is 0 Å². The third-order valence-electron chi connectivity index (χ3n) is 4.50. The third-order valence-corrected chi connectivity index (χ3v) is 5.24. The number of rotatable bonds is 9. The lowest BCUT2D eigenvalue weighted by Gasteiger charge is -2.32. The second-order valence-corrected chi connectivity index (χ2v) is 8.20. The maximum Gasteiger partial charge on any atom is 0.243 e. The molecule has 0 aromatic heterocycles. The van der Waals surface area contributed by atoms with Gasteiger partial charge in [0.05, 0.1) is 10.0 Å². The average molecular weight is 435 g/mol. The van der Waals surface area contributed by atoms with Gasteiger partial charge in [-0.1, -0.05) is 66.5 Å². The first-order chi connectivity index (χ1) is 13.8. The maximum absolute atomic E-state index is 13.1. The summed E-state index contributed by atoms with van der Waals surface area (Å²) in [6.45, 7) is 6.07. The monoisotopic (exact) mass is 434 g/mol. The van der Waals surface area contributed by atoms with E-state index in [2.05, 4.69) is 5.32 Å². The van der Waals surface area contributed by atoms with Crippen LogP contribution in [0.15, 0.2) is 48.5 Å². The summed E-state index contributed by atoms with van der Waals surface area (Å²) in [5, 5.41) is 3.85. The predicted octanol–water partition coefficient (Wildman–Crippen LogP) is 5.26. The van der Waals surface area contributed by atoms with Crippen molar-refractivity contribution in [2.24, 2.45) is 0 Å². The first-order valence-corrected chi connectivity index (χ1v) is 10.6. The number of halogens is 2. The lowest BCUT2D eigenvalue weighted by Crippen LogP contribution is -2.51. The van der Waals surface area contributed by atoms with Crippen LogP contribution in [-0.2, 0) is 22.6 Å². The van der Waals surface area contributed by atoms with Crippen molar-refractivity contribution in [3.8, 4) is 0 Å². The summed E-state index contributed by atoms with van der Waals surface area (Å²) in [5.74, 6) is -0.216. The highest BCUT2D eigenvalue weighted by Gasteiger charge is 2.30. The maximum atomic E-state index is 13.1. The van der Waals surface area contributed by atoms with Gasteiger partial charge in [-0.05, 0) is 43.5 Å². The minimum atomic E-state index is -0.617. The highest BCUT2D eigenvalue weighted by Crippen LogP contribution is 2.24. The van der Waals surface area contributed by atoms with Gasteiger partial charge < -0.3 is 10.2 Å². The first-order valence-electron chi connectivity index (χ1n) is 9.89. The molecule has 0 aliphatic heterocycles. The van der Waals surface area contributed by atoms with Gasteiger partial charge in [0.25, 0.3) is 0 Å². The number of nitrogens with zero attached hydrogens (tertiary/aromatic N) is 1. The van der Waals surface area contributed by atoms with Crippen LogP contribution in [0.3, 0.4) is 0 Å². The molecule has 2 rings (SSSR count). The molecule has 0 unspecified atom stereocenters. The quantitative estimate of drug-likeness (QED) is 0.584. The van der Waals surface area contributed by atoms with Crippen molar-refractivity contribution >= 4 is 35.0 Å². The van der Waals surface area contributed by atoms with Crippen molar-refractivity contribution in [1.29, 1.82) is 0 Å². The van der Waals surface area contributed by atoms with Gasteiger partial charge in [0, 0.05) is 25.4 Å². The van der Waals surface area contributed by atoms with Crippen molar-refractivity contribution in [3.05, 3.63) is 69.7 Å².